The Labute approximate surface area is 158 Å². The minimum absolute atomic E-state index is 0.119. The van der Waals surface area contributed by atoms with Crippen LogP contribution in [-0.4, -0.2) is 52.5 Å². The van der Waals surface area contributed by atoms with Gasteiger partial charge in [-0.3, -0.25) is 4.99 Å². The van der Waals surface area contributed by atoms with E-state index in [1.54, 1.807) is 21.3 Å². The molecule has 0 radical (unpaired) electrons. The Morgan fingerprint density at radius 1 is 1.00 bits per heavy atom. The first-order valence-electron chi connectivity index (χ1n) is 8.99. The van der Waals surface area contributed by atoms with E-state index in [1.165, 1.54) is 0 Å². The molecule has 0 amide bonds. The van der Waals surface area contributed by atoms with Crippen molar-refractivity contribution in [3.63, 3.8) is 0 Å². The predicted octanol–water partition coefficient (Wildman–Crippen LogP) is 2.96. The summed E-state index contributed by atoms with van der Waals surface area (Å²) in [5.74, 6) is 2.25. The maximum atomic E-state index is 5.44. The van der Waals surface area contributed by atoms with E-state index in [4.69, 9.17) is 14.2 Å². The molecule has 6 nitrogen and oxygen atoms in total. The predicted molar refractivity (Wildman–Crippen MR) is 108 cm³/mol. The molecule has 0 atom stereocenters. The second-order valence-corrected chi connectivity index (χ2v) is 7.47. The van der Waals surface area contributed by atoms with Crippen LogP contribution in [0.3, 0.4) is 0 Å². The summed E-state index contributed by atoms with van der Waals surface area (Å²) >= 11 is 0. The van der Waals surface area contributed by atoms with Gasteiger partial charge in [0.15, 0.2) is 17.5 Å². The number of nitrogens with one attached hydrogen (secondary N) is 2. The third-order valence-corrected chi connectivity index (χ3v) is 4.38. The van der Waals surface area contributed by atoms with Crippen LogP contribution in [0.25, 0.3) is 0 Å². The molecule has 0 aliphatic heterocycles. The highest BCUT2D eigenvalue weighted by Gasteiger charge is 2.23. The van der Waals surface area contributed by atoms with Gasteiger partial charge < -0.3 is 24.8 Å². The molecule has 0 heterocycles. The van der Waals surface area contributed by atoms with E-state index in [0.29, 0.717) is 6.54 Å². The quantitative estimate of drug-likeness (QED) is 0.520. The highest BCUT2D eigenvalue weighted by atomic mass is 16.5. The van der Waals surface area contributed by atoms with Gasteiger partial charge in [-0.1, -0.05) is 19.9 Å². The van der Waals surface area contributed by atoms with E-state index in [-0.39, 0.29) is 11.0 Å². The van der Waals surface area contributed by atoms with Crippen LogP contribution in [0, 0.1) is 0 Å². The number of hydrogen-bond donors (Lipinski definition) is 2. The lowest BCUT2D eigenvalue weighted by Gasteiger charge is -2.28. The molecule has 0 aromatic heterocycles. The lowest BCUT2D eigenvalue weighted by molar-refractivity contribution is 0.0310. The topological polar surface area (TPSA) is 64.1 Å². The van der Waals surface area contributed by atoms with Crippen molar-refractivity contribution in [3.8, 4) is 11.5 Å². The van der Waals surface area contributed by atoms with E-state index in [9.17, 15) is 0 Å². The third-order valence-electron chi connectivity index (χ3n) is 4.38. The van der Waals surface area contributed by atoms with E-state index in [1.807, 2.05) is 26.0 Å². The molecule has 0 fully saturated rings. The molecule has 0 saturated heterocycles. The van der Waals surface area contributed by atoms with Gasteiger partial charge >= 0.3 is 0 Å². The number of rotatable bonds is 9. The first-order valence-corrected chi connectivity index (χ1v) is 8.99. The molecular formula is C20H35N3O3. The SMILES string of the molecule is CCNC(=NCC(C)(C)OC)NCC(C)(C)c1ccc(OC)c(OC)c1. The van der Waals surface area contributed by atoms with Crippen molar-refractivity contribution in [2.45, 2.75) is 45.6 Å². The first kappa shape index (κ1) is 22.1. The van der Waals surface area contributed by atoms with Crippen LogP contribution < -0.4 is 20.1 Å². The van der Waals surface area contributed by atoms with Gasteiger partial charge in [0.25, 0.3) is 0 Å². The van der Waals surface area contributed by atoms with E-state index >= 15 is 0 Å². The van der Waals surface area contributed by atoms with E-state index < -0.39 is 0 Å². The molecule has 1 aromatic rings. The maximum Gasteiger partial charge on any atom is 0.191 e. The van der Waals surface area contributed by atoms with Gasteiger partial charge in [-0.05, 0) is 38.5 Å². The summed E-state index contributed by atoms with van der Waals surface area (Å²) < 4.78 is 16.2. The smallest absolute Gasteiger partial charge is 0.191 e. The second-order valence-electron chi connectivity index (χ2n) is 7.47. The molecule has 0 aliphatic carbocycles. The van der Waals surface area contributed by atoms with Crippen LogP contribution >= 0.6 is 0 Å². The molecule has 0 unspecified atom stereocenters. The summed E-state index contributed by atoms with van der Waals surface area (Å²) in [7, 11) is 5.00. The molecule has 26 heavy (non-hydrogen) atoms. The fraction of sp³-hybridized carbons (Fsp3) is 0.650. The summed E-state index contributed by atoms with van der Waals surface area (Å²) in [6.45, 7) is 12.6. The summed E-state index contributed by atoms with van der Waals surface area (Å²) in [4.78, 5) is 4.64. The average Bonchev–Trinajstić information content (AvgIpc) is 2.63. The van der Waals surface area contributed by atoms with Crippen LogP contribution in [0.15, 0.2) is 23.2 Å². The molecule has 0 spiro atoms. The van der Waals surface area contributed by atoms with Gasteiger partial charge in [-0.2, -0.15) is 0 Å². The minimum Gasteiger partial charge on any atom is -0.493 e. The van der Waals surface area contributed by atoms with Crippen molar-refractivity contribution in [1.29, 1.82) is 0 Å². The molecule has 1 rings (SSSR count). The maximum absolute atomic E-state index is 5.44. The zero-order chi connectivity index (χ0) is 19.8. The number of aliphatic imine (C=N–C) groups is 1. The largest absolute Gasteiger partial charge is 0.493 e. The van der Waals surface area contributed by atoms with Gasteiger partial charge in [-0.25, -0.2) is 0 Å². The fourth-order valence-electron chi connectivity index (χ4n) is 2.34. The normalized spacial score (nSPS) is 12.7. The Kier molecular flexibility index (Phi) is 8.21. The Morgan fingerprint density at radius 2 is 1.65 bits per heavy atom. The van der Waals surface area contributed by atoms with Crippen molar-refractivity contribution >= 4 is 5.96 Å². The average molecular weight is 366 g/mol. The van der Waals surface area contributed by atoms with Crippen molar-refractivity contribution in [2.24, 2.45) is 4.99 Å². The van der Waals surface area contributed by atoms with E-state index in [2.05, 4.69) is 42.5 Å². The van der Waals surface area contributed by atoms with Crippen molar-refractivity contribution in [2.75, 3.05) is 41.0 Å². The Morgan fingerprint density at radius 3 is 2.19 bits per heavy atom. The third kappa shape index (κ3) is 6.41. The van der Waals surface area contributed by atoms with Crippen LogP contribution in [0.1, 0.15) is 40.2 Å². The molecule has 6 heteroatoms. The van der Waals surface area contributed by atoms with Gasteiger partial charge in [-0.15, -0.1) is 0 Å². The second kappa shape index (κ2) is 9.67. The van der Waals surface area contributed by atoms with Gasteiger partial charge in [0.05, 0.1) is 26.4 Å². The Hall–Kier alpha value is -1.95. The van der Waals surface area contributed by atoms with Crippen LogP contribution in [0.4, 0.5) is 0 Å². The Bertz CT molecular complexity index is 598. The monoisotopic (exact) mass is 365 g/mol. The molecule has 2 N–H and O–H groups in total. The fourth-order valence-corrected chi connectivity index (χ4v) is 2.34. The zero-order valence-corrected chi connectivity index (χ0v) is 17.5. The first-order chi connectivity index (χ1) is 12.2. The minimum atomic E-state index is -0.290. The number of methoxy groups -OCH3 is 3. The number of hydrogen-bond acceptors (Lipinski definition) is 4. The number of guanidine groups is 1. The number of benzene rings is 1. The molecule has 0 saturated carbocycles. The van der Waals surface area contributed by atoms with Crippen LogP contribution in [-0.2, 0) is 10.2 Å². The lowest BCUT2D eigenvalue weighted by Crippen LogP contribution is -2.44. The summed E-state index contributed by atoms with van der Waals surface area (Å²) in [5, 5.41) is 6.72. The highest BCUT2D eigenvalue weighted by Crippen LogP contribution is 2.32. The summed E-state index contributed by atoms with van der Waals surface area (Å²) in [6, 6.07) is 6.04. The lowest BCUT2D eigenvalue weighted by atomic mass is 9.84. The summed E-state index contributed by atoms with van der Waals surface area (Å²) in [6.07, 6.45) is 0. The highest BCUT2D eigenvalue weighted by molar-refractivity contribution is 5.79. The van der Waals surface area contributed by atoms with Gasteiger partial charge in [0, 0.05) is 25.6 Å². The molecule has 148 valence electrons. The molecule has 1 aromatic carbocycles. The standard InChI is InChI=1S/C20H35N3O3/c1-9-21-18(23-14-20(4,5)26-8)22-13-19(2,3)15-10-11-16(24-6)17(12-15)25-7/h10-12H,9,13-14H2,1-8H3,(H2,21,22,23). The van der Waals surface area contributed by atoms with Crippen LogP contribution in [0.2, 0.25) is 0 Å². The molecule has 0 aliphatic rings. The van der Waals surface area contributed by atoms with Gasteiger partial charge in [0.2, 0.25) is 0 Å². The Balaban J connectivity index is 2.88. The molecular weight excluding hydrogens is 330 g/mol. The van der Waals surface area contributed by atoms with Crippen molar-refractivity contribution < 1.29 is 14.2 Å². The molecule has 0 bridgehead atoms. The number of ether oxygens (including phenoxy) is 3. The van der Waals surface area contributed by atoms with Crippen LogP contribution in [0.5, 0.6) is 11.5 Å². The van der Waals surface area contributed by atoms with E-state index in [0.717, 1.165) is 36.1 Å². The van der Waals surface area contributed by atoms with Crippen molar-refractivity contribution in [3.05, 3.63) is 23.8 Å². The van der Waals surface area contributed by atoms with Gasteiger partial charge in [0.1, 0.15) is 0 Å². The zero-order valence-electron chi connectivity index (χ0n) is 17.5. The number of nitrogens with zero attached hydrogens (tertiary/aromatic N) is 1. The summed E-state index contributed by atoms with van der Waals surface area (Å²) in [5.41, 5.74) is 0.754. The van der Waals surface area contributed by atoms with Crippen molar-refractivity contribution in [1.82, 2.24) is 10.6 Å².